The fourth-order valence-corrected chi connectivity index (χ4v) is 4.43. The number of hydrogen-bond donors (Lipinski definition) is 4. The van der Waals surface area contributed by atoms with Gasteiger partial charge in [0, 0.05) is 6.42 Å². The Bertz CT molecular complexity index is 1410. The normalized spacial score (nSPS) is 12.2. The minimum atomic E-state index is -1.12. The lowest BCUT2D eigenvalue weighted by Gasteiger charge is -2.25. The quantitative estimate of drug-likeness (QED) is 0.136. The highest BCUT2D eigenvalue weighted by molar-refractivity contribution is 6.22. The molecule has 0 aliphatic heterocycles. The van der Waals surface area contributed by atoms with Gasteiger partial charge in [0.25, 0.3) is 0 Å². The Kier molecular flexibility index (Phi) is 10.6. The van der Waals surface area contributed by atoms with Gasteiger partial charge in [-0.05, 0) is 30.9 Å². The minimum Gasteiger partial charge on any atom is -0.467 e. The number of ether oxygens (including phenoxy) is 2. The summed E-state index contributed by atoms with van der Waals surface area (Å²) in [5.74, 6) is -2.70. The number of carbonyl (C=O) groups is 4. The van der Waals surface area contributed by atoms with Crippen molar-refractivity contribution in [3.05, 3.63) is 88.5 Å². The van der Waals surface area contributed by atoms with Crippen molar-refractivity contribution >= 4 is 40.6 Å². The monoisotopic (exact) mass is 560 g/mol. The predicted molar refractivity (Wildman–Crippen MR) is 158 cm³/mol. The van der Waals surface area contributed by atoms with E-state index in [9.17, 15) is 19.2 Å². The number of Topliss-reactive ketones (excluding diaryl/α,β-unsaturated/α-hetero) is 2. The van der Waals surface area contributed by atoms with E-state index in [0.29, 0.717) is 12.0 Å². The molecule has 0 spiro atoms. The molecule has 0 bridgehead atoms. The summed E-state index contributed by atoms with van der Waals surface area (Å²) < 4.78 is 10.4. The predicted octanol–water partition coefficient (Wildman–Crippen LogP) is 3.92. The highest BCUT2D eigenvalue weighted by Gasteiger charge is 2.35. The first-order chi connectivity index (χ1) is 19.6. The summed E-state index contributed by atoms with van der Waals surface area (Å²) in [4.78, 5) is 53.4. The van der Waals surface area contributed by atoms with E-state index < -0.39 is 35.6 Å². The van der Waals surface area contributed by atoms with Crippen LogP contribution in [0.25, 0.3) is 0 Å². The summed E-state index contributed by atoms with van der Waals surface area (Å²) in [6.07, 6.45) is 0.664. The number of nitrogens with one attached hydrogen (secondary N) is 1. The number of esters is 2. The maximum Gasteiger partial charge on any atom is 0.342 e. The molecule has 0 amide bonds. The van der Waals surface area contributed by atoms with E-state index in [2.05, 4.69) is 5.32 Å². The van der Waals surface area contributed by atoms with Crippen LogP contribution in [0.4, 0.5) is 17.1 Å². The third-order valence-corrected chi connectivity index (χ3v) is 6.55. The zero-order valence-corrected chi connectivity index (χ0v) is 23.4. The lowest BCUT2D eigenvalue weighted by molar-refractivity contribution is -0.141. The third kappa shape index (κ3) is 7.29. The Hall–Kier alpha value is -4.70. The number of nitrogens with two attached hydrogens (primary N) is 3. The van der Waals surface area contributed by atoms with Crippen LogP contribution in [-0.2, 0) is 27.3 Å². The topological polar surface area (TPSA) is 177 Å². The van der Waals surface area contributed by atoms with Crippen LogP contribution in [0.3, 0.4) is 0 Å². The van der Waals surface area contributed by atoms with Gasteiger partial charge in [-0.1, -0.05) is 67.6 Å². The van der Waals surface area contributed by atoms with Gasteiger partial charge in [0.05, 0.1) is 41.3 Å². The molecule has 10 heteroatoms. The molecule has 2 atom stereocenters. The van der Waals surface area contributed by atoms with Gasteiger partial charge < -0.3 is 32.0 Å². The van der Waals surface area contributed by atoms with Crippen molar-refractivity contribution in [2.45, 2.75) is 51.8 Å². The minimum absolute atomic E-state index is 0.0572. The van der Waals surface area contributed by atoms with E-state index in [4.69, 9.17) is 26.7 Å². The molecular weight excluding hydrogens is 524 g/mol. The largest absolute Gasteiger partial charge is 0.467 e. The van der Waals surface area contributed by atoms with Crippen molar-refractivity contribution in [1.82, 2.24) is 0 Å². The average molecular weight is 561 g/mol. The molecule has 7 N–H and O–H groups in total. The fraction of sp³-hybridized carbons (Fsp3) is 0.290. The van der Waals surface area contributed by atoms with Crippen molar-refractivity contribution in [2.24, 2.45) is 5.73 Å². The first kappa shape index (κ1) is 30.8. The van der Waals surface area contributed by atoms with Crippen molar-refractivity contribution in [2.75, 3.05) is 23.9 Å². The van der Waals surface area contributed by atoms with Crippen molar-refractivity contribution in [3.8, 4) is 0 Å². The van der Waals surface area contributed by atoms with Gasteiger partial charge in [0.1, 0.15) is 18.2 Å². The van der Waals surface area contributed by atoms with Crippen molar-refractivity contribution in [3.63, 3.8) is 0 Å². The van der Waals surface area contributed by atoms with Gasteiger partial charge >= 0.3 is 11.9 Å². The van der Waals surface area contributed by atoms with Crippen molar-refractivity contribution < 1.29 is 28.7 Å². The molecule has 3 aromatic carbocycles. The summed E-state index contributed by atoms with van der Waals surface area (Å²) in [7, 11) is 1.20. The number of rotatable bonds is 13. The highest BCUT2D eigenvalue weighted by atomic mass is 16.5. The second kappa shape index (κ2) is 14.1. The maximum atomic E-state index is 14.1. The number of methoxy groups -OCH3 is 1. The van der Waals surface area contributed by atoms with E-state index >= 15 is 0 Å². The third-order valence-electron chi connectivity index (χ3n) is 6.55. The molecule has 0 aromatic heterocycles. The highest BCUT2D eigenvalue weighted by Crippen LogP contribution is 2.39. The maximum absolute atomic E-state index is 14.1. The van der Waals surface area contributed by atoms with E-state index in [0.717, 1.165) is 5.56 Å². The number of carbonyl (C=O) groups excluding carboxylic acids is 4. The summed E-state index contributed by atoms with van der Waals surface area (Å²) in [6.45, 7) is 3.18. The SMILES string of the molecule is CCCC(=O)c1c(N)c(N)c(C(=O)OCc2ccccc2)c(N[C@@H](C)C(=O)OC)c1C(=O)[C@@H](N)Cc1ccccc1. The van der Waals surface area contributed by atoms with Gasteiger partial charge in [-0.15, -0.1) is 0 Å². The van der Waals surface area contributed by atoms with E-state index in [1.54, 1.807) is 31.2 Å². The van der Waals surface area contributed by atoms with Gasteiger partial charge in [0.15, 0.2) is 11.6 Å². The molecule has 0 aliphatic carbocycles. The fourth-order valence-electron chi connectivity index (χ4n) is 4.43. The van der Waals surface area contributed by atoms with Crippen LogP contribution in [0.5, 0.6) is 0 Å². The van der Waals surface area contributed by atoms with Gasteiger partial charge in [-0.3, -0.25) is 9.59 Å². The van der Waals surface area contributed by atoms with Crippen LogP contribution in [0.15, 0.2) is 60.7 Å². The Morgan fingerprint density at radius 2 is 1.41 bits per heavy atom. The Morgan fingerprint density at radius 1 is 0.854 bits per heavy atom. The van der Waals surface area contributed by atoms with E-state index in [1.165, 1.54) is 14.0 Å². The molecule has 0 saturated carbocycles. The molecule has 0 heterocycles. The zero-order chi connectivity index (χ0) is 30.1. The number of anilines is 3. The summed E-state index contributed by atoms with van der Waals surface area (Å²) in [5.41, 5.74) is 19.3. The molecule has 3 aromatic rings. The second-order valence-corrected chi connectivity index (χ2v) is 9.61. The van der Waals surface area contributed by atoms with Gasteiger partial charge in [0.2, 0.25) is 0 Å². The standard InChI is InChI=1S/C31H36N4O6/c1-4-11-22(36)23-24(29(37)21(32)16-19-12-7-5-8-13-19)28(35-18(2)30(38)40-3)25(27(34)26(23)33)31(39)41-17-20-14-9-6-10-15-20/h5-10,12-15,18,21,35H,4,11,16-17,32-34H2,1-3H3/t18-,21-/m0/s1. The van der Waals surface area contributed by atoms with E-state index in [-0.39, 0.29) is 53.2 Å². The van der Waals surface area contributed by atoms with Crippen LogP contribution < -0.4 is 22.5 Å². The first-order valence-electron chi connectivity index (χ1n) is 13.3. The lowest BCUT2D eigenvalue weighted by Crippen LogP contribution is -2.37. The molecular formula is C31H36N4O6. The lowest BCUT2D eigenvalue weighted by atomic mass is 9.86. The Labute approximate surface area is 239 Å². The molecule has 0 unspecified atom stereocenters. The smallest absolute Gasteiger partial charge is 0.342 e. The van der Waals surface area contributed by atoms with Crippen LogP contribution in [0.1, 0.15) is 68.9 Å². The molecule has 0 radical (unpaired) electrons. The van der Waals surface area contributed by atoms with Crippen LogP contribution >= 0.6 is 0 Å². The van der Waals surface area contributed by atoms with Crippen LogP contribution in [0.2, 0.25) is 0 Å². The first-order valence-corrected chi connectivity index (χ1v) is 13.3. The van der Waals surface area contributed by atoms with Gasteiger partial charge in [-0.2, -0.15) is 0 Å². The van der Waals surface area contributed by atoms with Gasteiger partial charge in [-0.25, -0.2) is 9.59 Å². The molecule has 0 aliphatic rings. The average Bonchev–Trinajstić information content (AvgIpc) is 2.97. The molecule has 216 valence electrons. The van der Waals surface area contributed by atoms with E-state index in [1.807, 2.05) is 36.4 Å². The number of hydrogen-bond acceptors (Lipinski definition) is 10. The molecule has 3 rings (SSSR count). The van der Waals surface area contributed by atoms with Crippen LogP contribution in [0, 0.1) is 0 Å². The Morgan fingerprint density at radius 3 is 1.98 bits per heavy atom. The van der Waals surface area contributed by atoms with Crippen molar-refractivity contribution in [1.29, 1.82) is 0 Å². The molecule has 0 fully saturated rings. The number of nitrogen functional groups attached to an aromatic ring is 2. The zero-order valence-electron chi connectivity index (χ0n) is 23.4. The summed E-state index contributed by atoms with van der Waals surface area (Å²) >= 11 is 0. The number of benzene rings is 3. The second-order valence-electron chi connectivity index (χ2n) is 9.61. The molecule has 10 nitrogen and oxygen atoms in total. The molecule has 41 heavy (non-hydrogen) atoms. The molecule has 0 saturated heterocycles. The van der Waals surface area contributed by atoms with Crippen LogP contribution in [-0.4, -0.2) is 42.7 Å². The summed E-state index contributed by atoms with van der Waals surface area (Å²) in [6, 6.07) is 15.9. The Balaban J connectivity index is 2.23. The summed E-state index contributed by atoms with van der Waals surface area (Å²) in [5, 5.41) is 2.87. The number of ketones is 2.